The van der Waals surface area contributed by atoms with Crippen molar-refractivity contribution in [2.75, 3.05) is 32.8 Å². The van der Waals surface area contributed by atoms with Crippen molar-refractivity contribution in [2.45, 2.75) is 46.0 Å². The summed E-state index contributed by atoms with van der Waals surface area (Å²) in [4.78, 5) is 4.64. The Morgan fingerprint density at radius 3 is 2.78 bits per heavy atom. The Labute approximate surface area is 179 Å². The van der Waals surface area contributed by atoms with Crippen LogP contribution in [0.1, 0.15) is 45.4 Å². The first-order valence-corrected chi connectivity index (χ1v) is 9.73. The van der Waals surface area contributed by atoms with Crippen molar-refractivity contribution in [3.05, 3.63) is 30.2 Å². The number of halogens is 1. The number of aryl methyl sites for hydroxylation is 1. The van der Waals surface area contributed by atoms with Crippen molar-refractivity contribution >= 4 is 35.6 Å². The highest BCUT2D eigenvalue weighted by atomic mass is 127. The van der Waals surface area contributed by atoms with Gasteiger partial charge in [0, 0.05) is 45.5 Å². The number of rotatable bonds is 12. The fourth-order valence-corrected chi connectivity index (χ4v) is 2.56. The second-order valence-corrected chi connectivity index (χ2v) is 6.16. The van der Waals surface area contributed by atoms with Crippen molar-refractivity contribution < 1.29 is 4.74 Å². The molecule has 0 amide bonds. The third-order valence-electron chi connectivity index (χ3n) is 3.96. The van der Waals surface area contributed by atoms with Crippen LogP contribution in [0.25, 0.3) is 5.65 Å². The molecule has 0 aromatic carbocycles. The molecule has 2 aromatic rings. The second-order valence-electron chi connectivity index (χ2n) is 6.16. The van der Waals surface area contributed by atoms with Crippen molar-refractivity contribution in [1.29, 1.82) is 0 Å². The first-order valence-electron chi connectivity index (χ1n) is 9.73. The molecule has 0 saturated carbocycles. The van der Waals surface area contributed by atoms with E-state index in [0.29, 0.717) is 0 Å². The van der Waals surface area contributed by atoms with E-state index in [9.17, 15) is 0 Å². The van der Waals surface area contributed by atoms with Crippen LogP contribution < -0.4 is 10.6 Å². The number of pyridine rings is 1. The lowest BCUT2D eigenvalue weighted by molar-refractivity contribution is 0.129. The summed E-state index contributed by atoms with van der Waals surface area (Å²) in [7, 11) is 0. The molecule has 8 heteroatoms. The van der Waals surface area contributed by atoms with E-state index in [1.54, 1.807) is 0 Å². The van der Waals surface area contributed by atoms with Crippen LogP contribution in [0, 0.1) is 0 Å². The lowest BCUT2D eigenvalue weighted by Gasteiger charge is -2.11. The molecule has 7 nitrogen and oxygen atoms in total. The third-order valence-corrected chi connectivity index (χ3v) is 3.96. The predicted molar refractivity (Wildman–Crippen MR) is 121 cm³/mol. The van der Waals surface area contributed by atoms with Gasteiger partial charge < -0.3 is 15.4 Å². The van der Waals surface area contributed by atoms with Gasteiger partial charge in [-0.15, -0.1) is 34.2 Å². The molecule has 0 bridgehead atoms. The quantitative estimate of drug-likeness (QED) is 0.208. The monoisotopic (exact) mass is 488 g/mol. The van der Waals surface area contributed by atoms with E-state index < -0.39 is 0 Å². The Balaban J connectivity index is 0.00000364. The first kappa shape index (κ1) is 23.6. The van der Waals surface area contributed by atoms with Crippen molar-refractivity contribution in [2.24, 2.45) is 4.99 Å². The molecule has 0 aliphatic carbocycles. The summed E-state index contributed by atoms with van der Waals surface area (Å²) in [5, 5.41) is 15.1. The van der Waals surface area contributed by atoms with Crippen LogP contribution in [0.2, 0.25) is 0 Å². The van der Waals surface area contributed by atoms with Gasteiger partial charge in [-0.1, -0.05) is 19.4 Å². The van der Waals surface area contributed by atoms with E-state index in [0.717, 1.165) is 76.0 Å². The summed E-state index contributed by atoms with van der Waals surface area (Å²) >= 11 is 0. The molecule has 0 aliphatic heterocycles. The van der Waals surface area contributed by atoms with E-state index in [1.165, 1.54) is 6.42 Å². The highest BCUT2D eigenvalue weighted by Gasteiger charge is 2.04. The molecule has 0 aliphatic rings. The molecule has 0 fully saturated rings. The van der Waals surface area contributed by atoms with E-state index in [1.807, 2.05) is 28.8 Å². The van der Waals surface area contributed by atoms with Crippen LogP contribution in [-0.2, 0) is 11.2 Å². The van der Waals surface area contributed by atoms with Gasteiger partial charge in [0.05, 0.1) is 0 Å². The van der Waals surface area contributed by atoms with Crippen LogP contribution in [0.5, 0.6) is 0 Å². The molecule has 2 heterocycles. The van der Waals surface area contributed by atoms with Crippen LogP contribution in [-0.4, -0.2) is 53.4 Å². The lowest BCUT2D eigenvalue weighted by atomic mass is 10.3. The number of hydrogen-bond donors (Lipinski definition) is 2. The summed E-state index contributed by atoms with van der Waals surface area (Å²) in [5.74, 6) is 1.85. The summed E-state index contributed by atoms with van der Waals surface area (Å²) in [6, 6.07) is 5.94. The molecule has 2 aromatic heterocycles. The van der Waals surface area contributed by atoms with Crippen LogP contribution in [0.4, 0.5) is 0 Å². The minimum Gasteiger partial charge on any atom is -0.381 e. The maximum atomic E-state index is 5.58. The molecule has 2 rings (SSSR count). The summed E-state index contributed by atoms with van der Waals surface area (Å²) < 4.78 is 7.61. The molecule has 0 atom stereocenters. The molecule has 0 spiro atoms. The number of aliphatic imine (C=N–C) groups is 1. The molecule has 0 unspecified atom stereocenters. The van der Waals surface area contributed by atoms with E-state index in [-0.39, 0.29) is 24.0 Å². The smallest absolute Gasteiger partial charge is 0.191 e. The van der Waals surface area contributed by atoms with Crippen molar-refractivity contribution in [3.63, 3.8) is 0 Å². The zero-order valence-electron chi connectivity index (χ0n) is 16.5. The van der Waals surface area contributed by atoms with Gasteiger partial charge in [-0.2, -0.15) is 0 Å². The van der Waals surface area contributed by atoms with Gasteiger partial charge in [0.25, 0.3) is 0 Å². The Morgan fingerprint density at radius 2 is 1.96 bits per heavy atom. The maximum absolute atomic E-state index is 5.58. The highest BCUT2D eigenvalue weighted by Crippen LogP contribution is 2.05. The fourth-order valence-electron chi connectivity index (χ4n) is 2.56. The Bertz CT molecular complexity index is 660. The Morgan fingerprint density at radius 1 is 1.11 bits per heavy atom. The molecule has 0 saturated heterocycles. The number of aromatic nitrogens is 3. The minimum absolute atomic E-state index is 0. The summed E-state index contributed by atoms with van der Waals surface area (Å²) in [6.07, 6.45) is 7.10. The number of fused-ring (bicyclic) bond motifs is 1. The number of guanidine groups is 1. The van der Waals surface area contributed by atoms with Gasteiger partial charge in [0.2, 0.25) is 0 Å². The number of nitrogens with zero attached hydrogens (tertiary/aromatic N) is 4. The average Bonchev–Trinajstić information content (AvgIpc) is 3.07. The molecule has 0 radical (unpaired) electrons. The zero-order valence-corrected chi connectivity index (χ0v) is 18.8. The standard InChI is InChI=1S/C19H32N6O.HI/c1-3-5-15-26-16-9-13-22-19(20-4-2)21-12-8-11-18-24-23-17-10-6-7-14-25(17)18;/h6-7,10,14H,3-5,8-9,11-13,15-16H2,1-2H3,(H2,20,21,22);1H. The zero-order chi connectivity index (χ0) is 18.5. The van der Waals surface area contributed by atoms with Crippen LogP contribution in [0.15, 0.2) is 29.4 Å². The predicted octanol–water partition coefficient (Wildman–Crippen LogP) is 3.04. The number of unbranched alkanes of at least 4 members (excludes halogenated alkanes) is 1. The number of ether oxygens (including phenoxy) is 1. The highest BCUT2D eigenvalue weighted by molar-refractivity contribution is 14.0. The SMILES string of the molecule is CCCCOCCCNC(=NCCCc1nnc2ccccn12)NCC.I. The minimum atomic E-state index is 0. The summed E-state index contributed by atoms with van der Waals surface area (Å²) in [5.41, 5.74) is 0.891. The van der Waals surface area contributed by atoms with Gasteiger partial charge in [0.15, 0.2) is 11.6 Å². The van der Waals surface area contributed by atoms with E-state index in [2.05, 4.69) is 39.7 Å². The Hall–Kier alpha value is -1.42. The number of hydrogen-bond acceptors (Lipinski definition) is 4. The van der Waals surface area contributed by atoms with Gasteiger partial charge in [-0.25, -0.2) is 0 Å². The van der Waals surface area contributed by atoms with Crippen molar-refractivity contribution in [3.8, 4) is 0 Å². The molecule has 2 N–H and O–H groups in total. The molecular weight excluding hydrogens is 455 g/mol. The van der Waals surface area contributed by atoms with Gasteiger partial charge in [-0.05, 0) is 38.3 Å². The topological polar surface area (TPSA) is 75.8 Å². The van der Waals surface area contributed by atoms with Gasteiger partial charge >= 0.3 is 0 Å². The van der Waals surface area contributed by atoms with Gasteiger partial charge in [-0.3, -0.25) is 9.39 Å². The van der Waals surface area contributed by atoms with Gasteiger partial charge in [0.1, 0.15) is 5.82 Å². The number of nitrogens with one attached hydrogen (secondary N) is 2. The molecule has 27 heavy (non-hydrogen) atoms. The average molecular weight is 488 g/mol. The lowest BCUT2D eigenvalue weighted by Crippen LogP contribution is -2.38. The maximum Gasteiger partial charge on any atom is 0.191 e. The fraction of sp³-hybridized carbons (Fsp3) is 0.632. The summed E-state index contributed by atoms with van der Waals surface area (Å²) in [6.45, 7) is 8.39. The third kappa shape index (κ3) is 8.87. The van der Waals surface area contributed by atoms with E-state index >= 15 is 0 Å². The molecule has 152 valence electrons. The molecular formula is C19H33IN6O. The first-order chi connectivity index (χ1) is 12.8. The second kappa shape index (κ2) is 14.6. The largest absolute Gasteiger partial charge is 0.381 e. The van der Waals surface area contributed by atoms with E-state index in [4.69, 9.17) is 4.74 Å². The Kier molecular flexibility index (Phi) is 12.8. The van der Waals surface area contributed by atoms with Crippen molar-refractivity contribution in [1.82, 2.24) is 25.2 Å². The van der Waals surface area contributed by atoms with Crippen LogP contribution in [0.3, 0.4) is 0 Å². The normalized spacial score (nSPS) is 11.4. The van der Waals surface area contributed by atoms with Crippen LogP contribution >= 0.6 is 24.0 Å².